The first-order chi connectivity index (χ1) is 8.08. The molecule has 2 atom stereocenters. The van der Waals surface area contributed by atoms with E-state index < -0.39 is 17.5 Å². The molecule has 1 fully saturated rings. The molecule has 0 aliphatic carbocycles. The van der Waals surface area contributed by atoms with Gasteiger partial charge in [0.1, 0.15) is 6.10 Å². The van der Waals surface area contributed by atoms with Crippen LogP contribution < -0.4 is 4.74 Å². The van der Waals surface area contributed by atoms with E-state index in [4.69, 9.17) is 9.47 Å². The van der Waals surface area contributed by atoms with Gasteiger partial charge >= 0.3 is 0 Å². The first kappa shape index (κ1) is 12.3. The largest absolute Gasteiger partial charge is 0.494 e. The Morgan fingerprint density at radius 2 is 2.29 bits per heavy atom. The summed E-state index contributed by atoms with van der Waals surface area (Å²) in [6.07, 6.45) is 0.643. The van der Waals surface area contributed by atoms with Crippen molar-refractivity contribution in [2.75, 3.05) is 13.7 Å². The maximum atomic E-state index is 14.0. The molecule has 0 spiro atoms. The molecular formula is C13H17FO3. The molecule has 1 aliphatic rings. The van der Waals surface area contributed by atoms with E-state index in [1.165, 1.54) is 13.2 Å². The van der Waals surface area contributed by atoms with Crippen LogP contribution in [0.4, 0.5) is 4.39 Å². The van der Waals surface area contributed by atoms with Crippen molar-refractivity contribution in [1.29, 1.82) is 0 Å². The van der Waals surface area contributed by atoms with Gasteiger partial charge in [-0.25, -0.2) is 4.39 Å². The van der Waals surface area contributed by atoms with Gasteiger partial charge in [0.25, 0.3) is 0 Å². The Bertz CT molecular complexity index is 400. The highest BCUT2D eigenvalue weighted by Crippen LogP contribution is 2.39. The van der Waals surface area contributed by atoms with Crippen molar-refractivity contribution in [3.8, 4) is 5.75 Å². The van der Waals surface area contributed by atoms with Crippen LogP contribution in [0.15, 0.2) is 18.2 Å². The third kappa shape index (κ3) is 2.15. The van der Waals surface area contributed by atoms with Crippen molar-refractivity contribution < 1.29 is 19.0 Å². The summed E-state index contributed by atoms with van der Waals surface area (Å²) in [4.78, 5) is 0. The Labute approximate surface area is 100 Å². The normalized spacial score (nSPS) is 25.9. The van der Waals surface area contributed by atoms with Crippen LogP contribution in [-0.4, -0.2) is 24.4 Å². The highest BCUT2D eigenvalue weighted by Gasteiger charge is 2.39. The van der Waals surface area contributed by atoms with Crippen LogP contribution in [0.2, 0.25) is 0 Å². The number of aliphatic hydroxyl groups is 1. The van der Waals surface area contributed by atoms with E-state index in [0.29, 0.717) is 6.61 Å². The van der Waals surface area contributed by atoms with Crippen molar-refractivity contribution in [1.82, 2.24) is 0 Å². The fourth-order valence-electron chi connectivity index (χ4n) is 2.24. The second kappa shape index (κ2) is 4.63. The number of halogens is 1. The zero-order chi connectivity index (χ0) is 12.5. The van der Waals surface area contributed by atoms with Crippen LogP contribution in [0.3, 0.4) is 0 Å². The summed E-state index contributed by atoms with van der Waals surface area (Å²) in [5.41, 5.74) is -0.471. The molecule has 0 amide bonds. The lowest BCUT2D eigenvalue weighted by Gasteiger charge is -2.30. The van der Waals surface area contributed by atoms with Gasteiger partial charge in [0.05, 0.1) is 12.7 Å². The first-order valence-electron chi connectivity index (χ1n) is 5.73. The van der Waals surface area contributed by atoms with Crippen molar-refractivity contribution in [2.45, 2.75) is 31.5 Å². The molecule has 0 saturated carbocycles. The Morgan fingerprint density at radius 3 is 2.88 bits per heavy atom. The molecule has 1 N–H and O–H groups in total. The minimum atomic E-state index is -0.972. The lowest BCUT2D eigenvalue weighted by molar-refractivity contribution is -0.0809. The summed E-state index contributed by atoms with van der Waals surface area (Å²) in [6, 6.07) is 4.76. The van der Waals surface area contributed by atoms with Crippen LogP contribution in [0.25, 0.3) is 0 Å². The first-order valence-corrected chi connectivity index (χ1v) is 5.73. The summed E-state index contributed by atoms with van der Waals surface area (Å²) in [6.45, 7) is 2.42. The van der Waals surface area contributed by atoms with E-state index in [9.17, 15) is 9.50 Å². The second-order valence-electron chi connectivity index (χ2n) is 4.53. The minimum absolute atomic E-state index is 0.142. The Kier molecular flexibility index (Phi) is 3.35. The highest BCUT2D eigenvalue weighted by molar-refractivity contribution is 5.33. The van der Waals surface area contributed by atoms with Gasteiger partial charge in [-0.3, -0.25) is 0 Å². The van der Waals surface area contributed by atoms with Crippen LogP contribution in [0.5, 0.6) is 5.75 Å². The molecule has 1 aromatic carbocycles. The number of hydrogen-bond acceptors (Lipinski definition) is 3. The third-order valence-corrected chi connectivity index (χ3v) is 3.34. The van der Waals surface area contributed by atoms with Crippen LogP contribution in [-0.2, 0) is 4.74 Å². The Hall–Kier alpha value is -1.13. The summed E-state index contributed by atoms with van der Waals surface area (Å²) in [5.74, 6) is -0.373. The van der Waals surface area contributed by atoms with Gasteiger partial charge in [-0.05, 0) is 25.8 Å². The van der Waals surface area contributed by atoms with E-state index in [1.807, 2.05) is 6.92 Å². The molecule has 4 heteroatoms. The van der Waals surface area contributed by atoms with Gasteiger partial charge in [0, 0.05) is 12.2 Å². The predicted molar refractivity (Wildman–Crippen MR) is 61.5 cm³/mol. The van der Waals surface area contributed by atoms with Gasteiger partial charge in [-0.1, -0.05) is 12.1 Å². The predicted octanol–water partition coefficient (Wildman–Crippen LogP) is 2.44. The quantitative estimate of drug-likeness (QED) is 0.882. The topological polar surface area (TPSA) is 38.7 Å². The molecule has 1 heterocycles. The summed E-state index contributed by atoms with van der Waals surface area (Å²) in [7, 11) is 1.41. The molecule has 1 aromatic rings. The Balaban J connectivity index is 2.33. The highest BCUT2D eigenvalue weighted by atomic mass is 19.1. The van der Waals surface area contributed by atoms with E-state index >= 15 is 0 Å². The SMILES string of the molecule is COc1cccc(C(O)C2(C)CCCO2)c1F. The molecule has 2 unspecified atom stereocenters. The molecular weight excluding hydrogens is 223 g/mol. The number of rotatable bonds is 3. The van der Waals surface area contributed by atoms with Crippen molar-refractivity contribution in [3.63, 3.8) is 0 Å². The molecule has 17 heavy (non-hydrogen) atoms. The Morgan fingerprint density at radius 1 is 1.53 bits per heavy atom. The van der Waals surface area contributed by atoms with Gasteiger partial charge in [0.2, 0.25) is 0 Å². The molecule has 1 aliphatic heterocycles. The average molecular weight is 240 g/mol. The number of hydrogen-bond donors (Lipinski definition) is 1. The minimum Gasteiger partial charge on any atom is -0.494 e. The van der Waals surface area contributed by atoms with Crippen LogP contribution in [0.1, 0.15) is 31.4 Å². The monoisotopic (exact) mass is 240 g/mol. The summed E-state index contributed by atoms with van der Waals surface area (Å²) in [5, 5.41) is 10.3. The molecule has 1 saturated heterocycles. The van der Waals surface area contributed by atoms with E-state index in [1.54, 1.807) is 12.1 Å². The van der Waals surface area contributed by atoms with Gasteiger partial charge in [0.15, 0.2) is 11.6 Å². The maximum absolute atomic E-state index is 14.0. The van der Waals surface area contributed by atoms with Crippen molar-refractivity contribution >= 4 is 0 Å². The van der Waals surface area contributed by atoms with Gasteiger partial charge in [-0.2, -0.15) is 0 Å². The molecule has 94 valence electrons. The van der Waals surface area contributed by atoms with E-state index in [-0.39, 0.29) is 11.3 Å². The number of aliphatic hydroxyl groups excluding tert-OH is 1. The van der Waals surface area contributed by atoms with Crippen molar-refractivity contribution in [2.24, 2.45) is 0 Å². The molecule has 0 bridgehead atoms. The lowest BCUT2D eigenvalue weighted by atomic mass is 9.90. The standard InChI is InChI=1S/C13H17FO3/c1-13(7-4-8-17-13)12(15)9-5-3-6-10(16-2)11(9)14/h3,5-6,12,15H,4,7-8H2,1-2H3. The van der Waals surface area contributed by atoms with Crippen LogP contribution in [0, 0.1) is 5.82 Å². The van der Waals surface area contributed by atoms with Gasteiger partial charge in [-0.15, -0.1) is 0 Å². The second-order valence-corrected chi connectivity index (χ2v) is 4.53. The van der Waals surface area contributed by atoms with Crippen LogP contribution >= 0.6 is 0 Å². The number of methoxy groups -OCH3 is 1. The number of ether oxygens (including phenoxy) is 2. The van der Waals surface area contributed by atoms with Gasteiger partial charge < -0.3 is 14.6 Å². The van der Waals surface area contributed by atoms with E-state index in [0.717, 1.165) is 12.8 Å². The van der Waals surface area contributed by atoms with E-state index in [2.05, 4.69) is 0 Å². The lowest BCUT2D eigenvalue weighted by Crippen LogP contribution is -2.32. The zero-order valence-electron chi connectivity index (χ0n) is 10.1. The zero-order valence-corrected chi connectivity index (χ0v) is 10.1. The fraction of sp³-hybridized carbons (Fsp3) is 0.538. The fourth-order valence-corrected chi connectivity index (χ4v) is 2.24. The molecule has 0 aromatic heterocycles. The summed E-state index contributed by atoms with van der Waals surface area (Å²) >= 11 is 0. The summed E-state index contributed by atoms with van der Waals surface area (Å²) < 4.78 is 24.4. The average Bonchev–Trinajstić information content (AvgIpc) is 2.77. The third-order valence-electron chi connectivity index (χ3n) is 3.34. The van der Waals surface area contributed by atoms with Crippen molar-refractivity contribution in [3.05, 3.63) is 29.6 Å². The molecule has 2 rings (SSSR count). The number of benzene rings is 1. The molecule has 3 nitrogen and oxygen atoms in total. The molecule has 0 radical (unpaired) electrons. The maximum Gasteiger partial charge on any atom is 0.170 e. The smallest absolute Gasteiger partial charge is 0.170 e.